The zero-order valence-corrected chi connectivity index (χ0v) is 12.3. The normalized spacial score (nSPS) is 17.0. The van der Waals surface area contributed by atoms with E-state index in [4.69, 9.17) is 10.5 Å². The quantitative estimate of drug-likeness (QED) is 0.758. The highest BCUT2D eigenvalue weighted by Crippen LogP contribution is 2.26. The molecule has 1 aliphatic rings. The third-order valence-electron chi connectivity index (χ3n) is 3.94. The Balaban J connectivity index is 1.72. The number of hydrogen-bond donors (Lipinski definition) is 2. The number of benzene rings is 1. The molecule has 0 saturated heterocycles. The van der Waals surface area contributed by atoms with Gasteiger partial charge in [-0.1, -0.05) is 24.6 Å². The van der Waals surface area contributed by atoms with Crippen LogP contribution in [0.15, 0.2) is 24.3 Å². The van der Waals surface area contributed by atoms with Crippen molar-refractivity contribution in [1.29, 1.82) is 0 Å². The van der Waals surface area contributed by atoms with Gasteiger partial charge in [-0.3, -0.25) is 0 Å². The maximum Gasteiger partial charge on any atom is 0.123 e. The van der Waals surface area contributed by atoms with E-state index in [1.165, 1.54) is 19.3 Å². The number of hydrogen-bond acceptors (Lipinski definition) is 4. The molecule has 4 heteroatoms. The first kappa shape index (κ1) is 15.3. The van der Waals surface area contributed by atoms with Gasteiger partial charge in [0, 0.05) is 25.2 Å². The summed E-state index contributed by atoms with van der Waals surface area (Å²) in [5.74, 6) is 1.60. The fourth-order valence-corrected chi connectivity index (χ4v) is 2.60. The molecule has 2 rings (SSSR count). The topological polar surface area (TPSA) is 58.7 Å². The minimum Gasteiger partial charge on any atom is -0.491 e. The average molecular weight is 278 g/mol. The molecule has 0 amide bonds. The summed E-state index contributed by atoms with van der Waals surface area (Å²) >= 11 is 0. The lowest BCUT2D eigenvalue weighted by Crippen LogP contribution is -2.37. The van der Waals surface area contributed by atoms with Crippen LogP contribution in [0.1, 0.15) is 24.8 Å². The Morgan fingerprint density at radius 2 is 2.15 bits per heavy atom. The van der Waals surface area contributed by atoms with Crippen LogP contribution < -0.4 is 10.5 Å². The monoisotopic (exact) mass is 278 g/mol. The summed E-state index contributed by atoms with van der Waals surface area (Å²) in [5.41, 5.74) is 6.64. The van der Waals surface area contributed by atoms with E-state index in [-0.39, 0.29) is 0 Å². The van der Waals surface area contributed by atoms with Crippen LogP contribution in [0.5, 0.6) is 5.75 Å². The maximum atomic E-state index is 10.1. The number of ether oxygens (including phenoxy) is 1. The Morgan fingerprint density at radius 3 is 2.80 bits per heavy atom. The molecule has 1 atom stereocenters. The van der Waals surface area contributed by atoms with Gasteiger partial charge in [0.15, 0.2) is 0 Å². The van der Waals surface area contributed by atoms with Crippen molar-refractivity contribution >= 4 is 0 Å². The molecule has 1 saturated carbocycles. The fraction of sp³-hybridized carbons (Fsp3) is 0.625. The van der Waals surface area contributed by atoms with Crippen molar-refractivity contribution in [3.8, 4) is 5.75 Å². The molecule has 0 aromatic heterocycles. The molecule has 1 aliphatic carbocycles. The predicted octanol–water partition coefficient (Wildman–Crippen LogP) is 1.62. The van der Waals surface area contributed by atoms with Gasteiger partial charge in [-0.05, 0) is 31.9 Å². The predicted molar refractivity (Wildman–Crippen MR) is 80.7 cm³/mol. The molecule has 1 unspecified atom stereocenters. The van der Waals surface area contributed by atoms with Gasteiger partial charge in [0.2, 0.25) is 0 Å². The van der Waals surface area contributed by atoms with Crippen LogP contribution in [0.2, 0.25) is 0 Å². The maximum absolute atomic E-state index is 10.1. The van der Waals surface area contributed by atoms with E-state index in [1.54, 1.807) is 0 Å². The number of aliphatic hydroxyl groups excluding tert-OH is 1. The molecular formula is C16H26N2O2. The summed E-state index contributed by atoms with van der Waals surface area (Å²) in [4.78, 5) is 2.20. The van der Waals surface area contributed by atoms with Gasteiger partial charge in [0.25, 0.3) is 0 Å². The van der Waals surface area contributed by atoms with Crippen molar-refractivity contribution in [2.45, 2.75) is 31.9 Å². The van der Waals surface area contributed by atoms with E-state index in [0.29, 0.717) is 19.7 Å². The van der Waals surface area contributed by atoms with Crippen LogP contribution in [0.4, 0.5) is 0 Å². The number of likely N-dealkylation sites (N-methyl/N-ethyl adjacent to an activating group) is 1. The first-order valence-corrected chi connectivity index (χ1v) is 7.46. The van der Waals surface area contributed by atoms with Crippen molar-refractivity contribution in [2.75, 3.05) is 26.7 Å². The van der Waals surface area contributed by atoms with E-state index in [1.807, 2.05) is 24.3 Å². The van der Waals surface area contributed by atoms with Crippen molar-refractivity contribution in [1.82, 2.24) is 4.90 Å². The van der Waals surface area contributed by atoms with Crippen molar-refractivity contribution in [3.05, 3.63) is 29.8 Å². The summed E-state index contributed by atoms with van der Waals surface area (Å²) < 4.78 is 5.68. The van der Waals surface area contributed by atoms with E-state index >= 15 is 0 Å². The van der Waals surface area contributed by atoms with Crippen LogP contribution in [0, 0.1) is 5.92 Å². The fourth-order valence-electron chi connectivity index (χ4n) is 2.60. The molecule has 112 valence electrons. The molecular weight excluding hydrogens is 252 g/mol. The molecule has 0 bridgehead atoms. The summed E-state index contributed by atoms with van der Waals surface area (Å²) in [7, 11) is 2.06. The van der Waals surface area contributed by atoms with Crippen LogP contribution in [-0.4, -0.2) is 42.9 Å². The Morgan fingerprint density at radius 1 is 1.40 bits per heavy atom. The third-order valence-corrected chi connectivity index (χ3v) is 3.94. The van der Waals surface area contributed by atoms with Gasteiger partial charge < -0.3 is 20.5 Å². The Bertz CT molecular complexity index is 407. The van der Waals surface area contributed by atoms with Crippen LogP contribution in [0.3, 0.4) is 0 Å². The summed E-state index contributed by atoms with van der Waals surface area (Å²) in [5, 5.41) is 10.1. The minimum atomic E-state index is -0.467. The standard InChI is InChI=1S/C16H26N2O2/c1-18(10-13-5-4-6-13)11-15(19)12-20-16-8-3-2-7-14(16)9-17/h2-3,7-8,13,15,19H,4-6,9-12,17H2,1H3. The lowest BCUT2D eigenvalue weighted by molar-refractivity contribution is 0.0662. The zero-order chi connectivity index (χ0) is 14.4. The lowest BCUT2D eigenvalue weighted by atomic mass is 9.85. The molecule has 4 nitrogen and oxygen atoms in total. The minimum absolute atomic E-state index is 0.312. The van der Waals surface area contributed by atoms with Gasteiger partial charge >= 0.3 is 0 Å². The summed E-state index contributed by atoms with van der Waals surface area (Å²) in [6.45, 7) is 2.50. The first-order valence-electron chi connectivity index (χ1n) is 7.46. The number of nitrogens with zero attached hydrogens (tertiary/aromatic N) is 1. The molecule has 20 heavy (non-hydrogen) atoms. The number of rotatable bonds is 8. The molecule has 0 spiro atoms. The number of para-hydroxylation sites is 1. The highest BCUT2D eigenvalue weighted by molar-refractivity contribution is 5.32. The molecule has 0 radical (unpaired) electrons. The highest BCUT2D eigenvalue weighted by Gasteiger charge is 2.20. The largest absolute Gasteiger partial charge is 0.491 e. The van der Waals surface area contributed by atoms with E-state index < -0.39 is 6.10 Å². The van der Waals surface area contributed by atoms with Crippen molar-refractivity contribution < 1.29 is 9.84 Å². The average Bonchev–Trinajstić information content (AvgIpc) is 2.41. The van der Waals surface area contributed by atoms with Crippen LogP contribution >= 0.6 is 0 Å². The van der Waals surface area contributed by atoms with E-state index in [2.05, 4.69) is 11.9 Å². The number of aliphatic hydroxyl groups is 1. The second-order valence-electron chi connectivity index (χ2n) is 5.79. The summed E-state index contributed by atoms with van der Waals surface area (Å²) in [6, 6.07) is 7.71. The van der Waals surface area contributed by atoms with Crippen LogP contribution in [0.25, 0.3) is 0 Å². The van der Waals surface area contributed by atoms with Gasteiger partial charge in [-0.25, -0.2) is 0 Å². The lowest BCUT2D eigenvalue weighted by Gasteiger charge is -2.31. The molecule has 1 fully saturated rings. The third kappa shape index (κ3) is 4.47. The van der Waals surface area contributed by atoms with Gasteiger partial charge in [0.1, 0.15) is 18.5 Å². The Labute approximate surface area is 121 Å². The van der Waals surface area contributed by atoms with E-state index in [0.717, 1.165) is 23.8 Å². The number of nitrogens with two attached hydrogens (primary N) is 1. The van der Waals surface area contributed by atoms with Gasteiger partial charge in [-0.15, -0.1) is 0 Å². The molecule has 1 aromatic carbocycles. The van der Waals surface area contributed by atoms with Crippen molar-refractivity contribution in [2.24, 2.45) is 11.7 Å². The molecule has 1 aromatic rings. The Kier molecular flexibility index (Phi) is 5.83. The highest BCUT2D eigenvalue weighted by atomic mass is 16.5. The molecule has 3 N–H and O–H groups in total. The smallest absolute Gasteiger partial charge is 0.123 e. The SMILES string of the molecule is CN(CC(O)COc1ccccc1CN)CC1CCC1. The van der Waals surface area contributed by atoms with Gasteiger partial charge in [-0.2, -0.15) is 0 Å². The van der Waals surface area contributed by atoms with Crippen LogP contribution in [-0.2, 0) is 6.54 Å². The molecule has 0 heterocycles. The zero-order valence-electron chi connectivity index (χ0n) is 12.3. The second-order valence-corrected chi connectivity index (χ2v) is 5.79. The van der Waals surface area contributed by atoms with E-state index in [9.17, 15) is 5.11 Å². The Hall–Kier alpha value is -1.10. The first-order chi connectivity index (χ1) is 9.69. The second kappa shape index (κ2) is 7.62. The molecule has 0 aliphatic heterocycles. The van der Waals surface area contributed by atoms with Gasteiger partial charge in [0.05, 0.1) is 0 Å². The van der Waals surface area contributed by atoms with Crippen molar-refractivity contribution in [3.63, 3.8) is 0 Å². The summed E-state index contributed by atoms with van der Waals surface area (Å²) in [6.07, 6.45) is 3.56.